The van der Waals surface area contributed by atoms with Gasteiger partial charge in [0.15, 0.2) is 5.69 Å². The number of para-hydroxylation sites is 1. The van der Waals surface area contributed by atoms with Gasteiger partial charge in [-0.1, -0.05) is 18.2 Å². The molecule has 1 atom stereocenters. The first-order chi connectivity index (χ1) is 9.83. The summed E-state index contributed by atoms with van der Waals surface area (Å²) in [7, 11) is 0. The quantitative estimate of drug-likeness (QED) is 0.919. The molecule has 1 fully saturated rings. The number of benzene rings is 1. The number of carbonyl (C=O) groups excluding carboxylic acids is 1. The number of rotatable bonds is 4. The van der Waals surface area contributed by atoms with Crippen LogP contribution >= 0.6 is 0 Å². The van der Waals surface area contributed by atoms with Crippen LogP contribution in [0.25, 0.3) is 5.69 Å². The van der Waals surface area contributed by atoms with E-state index in [9.17, 15) is 4.79 Å². The average Bonchev–Trinajstić information content (AvgIpc) is 3.17. The number of hydrogen-bond donors (Lipinski definition) is 1. The van der Waals surface area contributed by atoms with Crippen molar-refractivity contribution < 1.29 is 9.53 Å². The predicted octanol–water partition coefficient (Wildman–Crippen LogP) is 1.64. The second kappa shape index (κ2) is 5.88. The molecule has 0 saturated carbocycles. The number of ether oxygens (including phenoxy) is 1. The van der Waals surface area contributed by atoms with Crippen LogP contribution in [0.15, 0.2) is 42.6 Å². The Morgan fingerprint density at radius 2 is 2.20 bits per heavy atom. The number of amides is 1. The summed E-state index contributed by atoms with van der Waals surface area (Å²) in [5, 5.41) is 7.21. The summed E-state index contributed by atoms with van der Waals surface area (Å²) < 4.78 is 6.99. The lowest BCUT2D eigenvalue weighted by Crippen LogP contribution is -2.29. The van der Waals surface area contributed by atoms with E-state index in [0.717, 1.165) is 25.3 Å². The lowest BCUT2D eigenvalue weighted by atomic mass is 10.1. The van der Waals surface area contributed by atoms with E-state index in [-0.39, 0.29) is 5.91 Å². The highest BCUT2D eigenvalue weighted by molar-refractivity contribution is 5.92. The Hall–Kier alpha value is -2.14. The van der Waals surface area contributed by atoms with Crippen molar-refractivity contribution in [3.63, 3.8) is 0 Å². The van der Waals surface area contributed by atoms with Crippen molar-refractivity contribution in [1.29, 1.82) is 0 Å². The first kappa shape index (κ1) is 12.9. The first-order valence-corrected chi connectivity index (χ1v) is 6.80. The maximum atomic E-state index is 12.0. The molecule has 0 radical (unpaired) electrons. The molecule has 104 valence electrons. The Kier molecular flexibility index (Phi) is 3.78. The molecule has 1 aliphatic rings. The molecule has 0 spiro atoms. The second-order valence-corrected chi connectivity index (χ2v) is 4.92. The van der Waals surface area contributed by atoms with Crippen LogP contribution in [0.4, 0.5) is 0 Å². The third-order valence-electron chi connectivity index (χ3n) is 3.42. The number of aromatic nitrogens is 2. The zero-order chi connectivity index (χ0) is 13.8. The van der Waals surface area contributed by atoms with E-state index < -0.39 is 0 Å². The van der Waals surface area contributed by atoms with Crippen LogP contribution in [0.2, 0.25) is 0 Å². The van der Waals surface area contributed by atoms with Crippen molar-refractivity contribution in [2.45, 2.75) is 6.42 Å². The van der Waals surface area contributed by atoms with Crippen molar-refractivity contribution >= 4 is 5.91 Å². The number of hydrogen-bond acceptors (Lipinski definition) is 3. The molecule has 0 aliphatic carbocycles. The number of nitrogens with one attached hydrogen (secondary N) is 1. The molecule has 1 amide bonds. The summed E-state index contributed by atoms with van der Waals surface area (Å²) >= 11 is 0. The SMILES string of the molecule is O=C(NCC1CCOC1)c1ccn(-c2ccccc2)n1. The molecule has 20 heavy (non-hydrogen) atoms. The Balaban J connectivity index is 1.62. The molecule has 5 heteroatoms. The van der Waals surface area contributed by atoms with Crippen LogP contribution in [0.5, 0.6) is 0 Å². The second-order valence-electron chi connectivity index (χ2n) is 4.92. The largest absolute Gasteiger partial charge is 0.381 e. The topological polar surface area (TPSA) is 56.1 Å². The predicted molar refractivity (Wildman–Crippen MR) is 74.8 cm³/mol. The van der Waals surface area contributed by atoms with Gasteiger partial charge in [-0.15, -0.1) is 0 Å². The molecule has 2 aromatic rings. The minimum Gasteiger partial charge on any atom is -0.381 e. The highest BCUT2D eigenvalue weighted by Crippen LogP contribution is 2.11. The van der Waals surface area contributed by atoms with Gasteiger partial charge in [-0.2, -0.15) is 5.10 Å². The Labute approximate surface area is 117 Å². The van der Waals surface area contributed by atoms with Gasteiger partial charge in [0, 0.05) is 25.3 Å². The van der Waals surface area contributed by atoms with E-state index in [0.29, 0.717) is 18.2 Å². The van der Waals surface area contributed by atoms with Crippen LogP contribution in [-0.2, 0) is 4.74 Å². The highest BCUT2D eigenvalue weighted by Gasteiger charge is 2.17. The van der Waals surface area contributed by atoms with E-state index in [1.807, 2.05) is 30.3 Å². The van der Waals surface area contributed by atoms with E-state index in [1.54, 1.807) is 16.9 Å². The summed E-state index contributed by atoms with van der Waals surface area (Å²) in [6.45, 7) is 2.18. The maximum absolute atomic E-state index is 12.0. The van der Waals surface area contributed by atoms with Gasteiger partial charge in [-0.3, -0.25) is 4.79 Å². The van der Waals surface area contributed by atoms with Crippen LogP contribution in [0, 0.1) is 5.92 Å². The van der Waals surface area contributed by atoms with E-state index in [4.69, 9.17) is 4.74 Å². The summed E-state index contributed by atoms with van der Waals surface area (Å²) in [5.74, 6) is 0.293. The third-order valence-corrected chi connectivity index (χ3v) is 3.42. The summed E-state index contributed by atoms with van der Waals surface area (Å²) in [4.78, 5) is 12.0. The molecule has 1 saturated heterocycles. The zero-order valence-corrected chi connectivity index (χ0v) is 11.2. The van der Waals surface area contributed by atoms with Gasteiger partial charge in [0.1, 0.15) is 0 Å². The fraction of sp³-hybridized carbons (Fsp3) is 0.333. The lowest BCUT2D eigenvalue weighted by molar-refractivity contribution is 0.0939. The summed E-state index contributed by atoms with van der Waals surface area (Å²) in [6.07, 6.45) is 2.81. The average molecular weight is 271 g/mol. The fourth-order valence-electron chi connectivity index (χ4n) is 2.24. The Morgan fingerprint density at radius 3 is 2.95 bits per heavy atom. The van der Waals surface area contributed by atoms with Gasteiger partial charge in [-0.05, 0) is 24.6 Å². The Morgan fingerprint density at radius 1 is 1.35 bits per heavy atom. The molecule has 1 aliphatic heterocycles. The van der Waals surface area contributed by atoms with E-state index in [1.165, 1.54) is 0 Å². The third kappa shape index (κ3) is 2.88. The van der Waals surface area contributed by atoms with Crippen LogP contribution in [-0.4, -0.2) is 35.4 Å². The molecule has 1 N–H and O–H groups in total. The van der Waals surface area contributed by atoms with Crippen molar-refractivity contribution in [3.8, 4) is 5.69 Å². The van der Waals surface area contributed by atoms with Gasteiger partial charge in [0.25, 0.3) is 5.91 Å². The van der Waals surface area contributed by atoms with Gasteiger partial charge < -0.3 is 10.1 Å². The minimum atomic E-state index is -0.133. The molecular formula is C15H17N3O2. The number of carbonyl (C=O) groups is 1. The van der Waals surface area contributed by atoms with Gasteiger partial charge in [0.05, 0.1) is 12.3 Å². The lowest BCUT2D eigenvalue weighted by Gasteiger charge is -2.07. The maximum Gasteiger partial charge on any atom is 0.271 e. The van der Waals surface area contributed by atoms with E-state index in [2.05, 4.69) is 10.4 Å². The smallest absolute Gasteiger partial charge is 0.271 e. The molecule has 5 nitrogen and oxygen atoms in total. The highest BCUT2D eigenvalue weighted by atomic mass is 16.5. The molecule has 1 aromatic carbocycles. The monoisotopic (exact) mass is 271 g/mol. The van der Waals surface area contributed by atoms with Gasteiger partial charge in [-0.25, -0.2) is 4.68 Å². The van der Waals surface area contributed by atoms with E-state index >= 15 is 0 Å². The molecule has 0 bridgehead atoms. The standard InChI is InChI=1S/C15H17N3O2/c19-15(16-10-12-7-9-20-11-12)14-6-8-18(17-14)13-4-2-1-3-5-13/h1-6,8,12H,7,9-11H2,(H,16,19). The van der Waals surface area contributed by atoms with Crippen molar-refractivity contribution in [2.75, 3.05) is 19.8 Å². The molecule has 3 rings (SSSR count). The Bertz CT molecular complexity index is 574. The number of nitrogens with zero attached hydrogens (tertiary/aromatic N) is 2. The fourth-order valence-corrected chi connectivity index (χ4v) is 2.24. The zero-order valence-electron chi connectivity index (χ0n) is 11.2. The van der Waals surface area contributed by atoms with Gasteiger partial charge >= 0.3 is 0 Å². The van der Waals surface area contributed by atoms with Gasteiger partial charge in [0.2, 0.25) is 0 Å². The normalized spacial score (nSPS) is 18.1. The minimum absolute atomic E-state index is 0.133. The van der Waals surface area contributed by atoms with Crippen LogP contribution < -0.4 is 5.32 Å². The molecular weight excluding hydrogens is 254 g/mol. The van der Waals surface area contributed by atoms with Crippen LogP contribution in [0.1, 0.15) is 16.9 Å². The van der Waals surface area contributed by atoms with Crippen molar-refractivity contribution in [2.24, 2.45) is 5.92 Å². The first-order valence-electron chi connectivity index (χ1n) is 6.80. The summed E-state index contributed by atoms with van der Waals surface area (Å²) in [6, 6.07) is 11.5. The molecule has 2 heterocycles. The molecule has 1 aromatic heterocycles. The van der Waals surface area contributed by atoms with Crippen molar-refractivity contribution in [1.82, 2.24) is 15.1 Å². The van der Waals surface area contributed by atoms with Crippen molar-refractivity contribution in [3.05, 3.63) is 48.3 Å². The summed E-state index contributed by atoms with van der Waals surface area (Å²) in [5.41, 5.74) is 1.38. The van der Waals surface area contributed by atoms with Crippen LogP contribution in [0.3, 0.4) is 0 Å². The molecule has 1 unspecified atom stereocenters.